The lowest BCUT2D eigenvalue weighted by Crippen LogP contribution is -2.33. The molecule has 25 heavy (non-hydrogen) atoms. The first-order chi connectivity index (χ1) is 11.8. The van der Waals surface area contributed by atoms with Crippen molar-refractivity contribution in [2.45, 2.75) is 19.8 Å². The van der Waals surface area contributed by atoms with Crippen molar-refractivity contribution in [2.75, 3.05) is 14.2 Å². The molecule has 3 N–H and O–H groups in total. The molecule has 0 saturated heterocycles. The number of methoxy groups -OCH3 is 2. The van der Waals surface area contributed by atoms with Crippen LogP contribution in [0.1, 0.15) is 25.3 Å². The summed E-state index contributed by atoms with van der Waals surface area (Å²) in [7, 11) is 0.943. The lowest BCUT2D eigenvalue weighted by Gasteiger charge is -2.30. The van der Waals surface area contributed by atoms with E-state index in [9.17, 15) is 19.6 Å². The number of dihydropyridines is 1. The van der Waals surface area contributed by atoms with Crippen molar-refractivity contribution >= 4 is 24.5 Å². The van der Waals surface area contributed by atoms with Crippen LogP contribution in [0.3, 0.4) is 0 Å². The van der Waals surface area contributed by atoms with Gasteiger partial charge in [0.25, 0.3) is 0 Å². The van der Waals surface area contributed by atoms with Gasteiger partial charge in [-0.15, -0.1) is 0 Å². The molecule has 1 aromatic rings. The topological polar surface area (TPSA) is 105 Å². The fourth-order valence-corrected chi connectivity index (χ4v) is 2.95. The zero-order valence-corrected chi connectivity index (χ0v) is 14.5. The highest BCUT2D eigenvalue weighted by atomic mass is 16.5. The van der Waals surface area contributed by atoms with Crippen LogP contribution in [0.5, 0.6) is 0 Å². The molecule has 0 aromatic heterocycles. The number of esters is 2. The number of allylic oxidation sites excluding steroid dienone is 2. The highest BCUT2D eigenvalue weighted by molar-refractivity contribution is 6.58. The summed E-state index contributed by atoms with van der Waals surface area (Å²) in [6.07, 6.45) is 0. The van der Waals surface area contributed by atoms with Gasteiger partial charge in [0, 0.05) is 11.4 Å². The first-order valence-electron chi connectivity index (χ1n) is 7.63. The van der Waals surface area contributed by atoms with Gasteiger partial charge in [-0.25, -0.2) is 9.59 Å². The highest BCUT2D eigenvalue weighted by Gasteiger charge is 2.37. The third-order valence-electron chi connectivity index (χ3n) is 4.14. The van der Waals surface area contributed by atoms with Crippen LogP contribution in [0, 0.1) is 0 Å². The summed E-state index contributed by atoms with van der Waals surface area (Å²) in [5, 5.41) is 21.5. The van der Waals surface area contributed by atoms with Crippen molar-refractivity contribution in [2.24, 2.45) is 0 Å². The van der Waals surface area contributed by atoms with Gasteiger partial charge in [0.2, 0.25) is 0 Å². The molecular formula is C17H20BNO6. The van der Waals surface area contributed by atoms with Crippen molar-refractivity contribution in [1.82, 2.24) is 5.32 Å². The number of benzene rings is 1. The highest BCUT2D eigenvalue weighted by Crippen LogP contribution is 2.38. The summed E-state index contributed by atoms with van der Waals surface area (Å²) < 4.78 is 9.76. The summed E-state index contributed by atoms with van der Waals surface area (Å²) in [6, 6.07) is 6.32. The normalized spacial score (nSPS) is 15.0. The smallest absolute Gasteiger partial charge is 0.466 e. The summed E-state index contributed by atoms with van der Waals surface area (Å²) in [5.74, 6) is -1.81. The summed E-state index contributed by atoms with van der Waals surface area (Å²) in [6.45, 7) is 3.45. The minimum Gasteiger partial charge on any atom is -0.466 e. The van der Waals surface area contributed by atoms with Crippen LogP contribution in [0.4, 0.5) is 0 Å². The number of hydrogen-bond donors (Lipinski definition) is 3. The van der Waals surface area contributed by atoms with E-state index in [-0.39, 0.29) is 0 Å². The van der Waals surface area contributed by atoms with Gasteiger partial charge in [-0.1, -0.05) is 24.3 Å². The quantitative estimate of drug-likeness (QED) is 0.519. The predicted octanol–water partition coefficient (Wildman–Crippen LogP) is -0.0528. The molecule has 0 radical (unpaired) electrons. The van der Waals surface area contributed by atoms with Crippen LogP contribution >= 0.6 is 0 Å². The minimum absolute atomic E-state index is 0.297. The molecule has 2 rings (SSSR count). The van der Waals surface area contributed by atoms with Gasteiger partial charge in [0.05, 0.1) is 31.3 Å². The first-order valence-corrected chi connectivity index (χ1v) is 7.63. The van der Waals surface area contributed by atoms with Crippen molar-refractivity contribution in [3.05, 3.63) is 52.4 Å². The van der Waals surface area contributed by atoms with Gasteiger partial charge >= 0.3 is 19.1 Å². The summed E-state index contributed by atoms with van der Waals surface area (Å²) in [4.78, 5) is 24.6. The van der Waals surface area contributed by atoms with Gasteiger partial charge in [-0.2, -0.15) is 0 Å². The minimum atomic E-state index is -1.60. The molecule has 0 unspecified atom stereocenters. The van der Waals surface area contributed by atoms with E-state index in [2.05, 4.69) is 5.32 Å². The van der Waals surface area contributed by atoms with E-state index in [1.165, 1.54) is 26.4 Å². The van der Waals surface area contributed by atoms with E-state index < -0.39 is 25.0 Å². The Morgan fingerprint density at radius 3 is 1.76 bits per heavy atom. The molecule has 0 aliphatic carbocycles. The van der Waals surface area contributed by atoms with Crippen LogP contribution in [-0.4, -0.2) is 43.3 Å². The molecular weight excluding hydrogens is 325 g/mol. The molecule has 1 aliphatic rings. The summed E-state index contributed by atoms with van der Waals surface area (Å²) >= 11 is 0. The Labute approximate surface area is 146 Å². The Morgan fingerprint density at radius 2 is 1.40 bits per heavy atom. The Hall–Kier alpha value is -2.58. The van der Waals surface area contributed by atoms with Gasteiger partial charge in [-0.05, 0) is 24.9 Å². The number of rotatable bonds is 4. The standard InChI is InChI=1S/C17H20BNO6/c1-9-13(16(20)24-3)15(14(10(2)19-9)17(21)25-4)11-5-7-12(8-6-11)18(22)23/h5-8,15,19,22-23H,1-4H3. The molecule has 1 aromatic carbocycles. The molecule has 7 nitrogen and oxygen atoms in total. The molecule has 0 amide bonds. The second-order valence-electron chi connectivity index (χ2n) is 5.66. The fourth-order valence-electron chi connectivity index (χ4n) is 2.95. The SMILES string of the molecule is COC(=O)C1=C(C)NC(C)=C(C(=O)OC)C1c1ccc(B(O)O)cc1. The van der Waals surface area contributed by atoms with Gasteiger partial charge in [0.1, 0.15) is 0 Å². The molecule has 0 fully saturated rings. The molecule has 0 saturated carbocycles. The zero-order valence-electron chi connectivity index (χ0n) is 14.5. The molecule has 0 bridgehead atoms. The van der Waals surface area contributed by atoms with E-state index in [1.54, 1.807) is 26.0 Å². The average molecular weight is 345 g/mol. The van der Waals surface area contributed by atoms with E-state index in [4.69, 9.17) is 9.47 Å². The predicted molar refractivity (Wildman–Crippen MR) is 91.6 cm³/mol. The van der Waals surface area contributed by atoms with Gasteiger partial charge in [0.15, 0.2) is 0 Å². The third kappa shape index (κ3) is 3.59. The molecule has 1 heterocycles. The Bertz CT molecular complexity index is 713. The number of carbonyl (C=O) groups excluding carboxylic acids is 2. The second kappa shape index (κ2) is 7.54. The number of hydrogen-bond acceptors (Lipinski definition) is 7. The summed E-state index contributed by atoms with van der Waals surface area (Å²) in [5.41, 5.74) is 2.68. The third-order valence-corrected chi connectivity index (χ3v) is 4.14. The van der Waals surface area contributed by atoms with Crippen LogP contribution in [-0.2, 0) is 19.1 Å². The Kier molecular flexibility index (Phi) is 5.66. The van der Waals surface area contributed by atoms with E-state index in [1.807, 2.05) is 0 Å². The first kappa shape index (κ1) is 18.8. The second-order valence-corrected chi connectivity index (χ2v) is 5.66. The van der Waals surface area contributed by atoms with Crippen LogP contribution < -0.4 is 10.8 Å². The molecule has 132 valence electrons. The molecule has 0 spiro atoms. The largest absolute Gasteiger partial charge is 0.488 e. The maximum Gasteiger partial charge on any atom is 0.488 e. The van der Waals surface area contributed by atoms with Gasteiger partial charge in [-0.3, -0.25) is 0 Å². The number of ether oxygens (including phenoxy) is 2. The van der Waals surface area contributed by atoms with E-state index in [0.717, 1.165) is 0 Å². The van der Waals surface area contributed by atoms with Gasteiger partial charge < -0.3 is 24.8 Å². The molecule has 0 atom stereocenters. The van der Waals surface area contributed by atoms with Crippen molar-refractivity contribution in [1.29, 1.82) is 0 Å². The monoisotopic (exact) mass is 345 g/mol. The lowest BCUT2D eigenvalue weighted by atomic mass is 9.76. The Morgan fingerprint density at radius 1 is 0.960 bits per heavy atom. The fraction of sp³-hybridized carbons (Fsp3) is 0.294. The van der Waals surface area contributed by atoms with E-state index in [0.29, 0.717) is 33.6 Å². The van der Waals surface area contributed by atoms with Crippen LogP contribution in [0.25, 0.3) is 0 Å². The molecule has 1 aliphatic heterocycles. The van der Waals surface area contributed by atoms with E-state index >= 15 is 0 Å². The lowest BCUT2D eigenvalue weighted by molar-refractivity contribution is -0.137. The Balaban J connectivity index is 2.63. The zero-order chi connectivity index (χ0) is 18.7. The van der Waals surface area contributed by atoms with Crippen LogP contribution in [0.15, 0.2) is 46.8 Å². The molecule has 8 heteroatoms. The van der Waals surface area contributed by atoms with Crippen LogP contribution in [0.2, 0.25) is 0 Å². The number of nitrogens with one attached hydrogen (secondary N) is 1. The maximum absolute atomic E-state index is 12.3. The van der Waals surface area contributed by atoms with Crippen molar-refractivity contribution < 1.29 is 29.1 Å². The average Bonchev–Trinajstić information content (AvgIpc) is 2.60. The number of carbonyl (C=O) groups is 2. The van der Waals surface area contributed by atoms with Crippen molar-refractivity contribution in [3.8, 4) is 0 Å². The van der Waals surface area contributed by atoms with Crippen molar-refractivity contribution in [3.63, 3.8) is 0 Å². The maximum atomic E-state index is 12.3.